The van der Waals surface area contributed by atoms with E-state index in [1.807, 2.05) is 60.7 Å². The molecule has 144 valence electrons. The van der Waals surface area contributed by atoms with Crippen molar-refractivity contribution in [3.63, 3.8) is 0 Å². The number of carbonyl (C=O) groups excluding carboxylic acids is 1. The summed E-state index contributed by atoms with van der Waals surface area (Å²) in [6.07, 6.45) is 0. The molecule has 0 spiro atoms. The van der Waals surface area contributed by atoms with Gasteiger partial charge in [-0.3, -0.25) is 9.59 Å². The lowest BCUT2D eigenvalue weighted by molar-refractivity contribution is -0.123. The highest BCUT2D eigenvalue weighted by atomic mass is 16.5. The molecule has 0 unspecified atom stereocenters. The minimum atomic E-state index is -0.319. The van der Waals surface area contributed by atoms with Crippen LogP contribution in [0.5, 0.6) is 5.75 Å². The van der Waals surface area contributed by atoms with Gasteiger partial charge in [0.25, 0.3) is 5.91 Å². The fourth-order valence-corrected chi connectivity index (χ4v) is 3.02. The molecule has 0 aliphatic carbocycles. The van der Waals surface area contributed by atoms with E-state index in [1.54, 1.807) is 24.3 Å². The molecule has 5 nitrogen and oxygen atoms in total. The molecule has 1 heterocycles. The number of hydrogen-bond acceptors (Lipinski definition) is 4. The van der Waals surface area contributed by atoms with Crippen molar-refractivity contribution in [2.75, 3.05) is 6.61 Å². The maximum atomic E-state index is 13.0. The quantitative estimate of drug-likeness (QED) is 0.541. The average molecular weight is 385 g/mol. The van der Waals surface area contributed by atoms with E-state index in [0.29, 0.717) is 28.8 Å². The zero-order valence-corrected chi connectivity index (χ0v) is 15.6. The third kappa shape index (κ3) is 4.19. The average Bonchev–Trinajstić information content (AvgIpc) is 2.78. The van der Waals surface area contributed by atoms with Crippen LogP contribution < -0.4 is 15.5 Å². The van der Waals surface area contributed by atoms with Crippen molar-refractivity contribution in [2.24, 2.45) is 0 Å². The molecule has 4 aromatic rings. The van der Waals surface area contributed by atoms with Crippen LogP contribution in [-0.2, 0) is 11.3 Å². The van der Waals surface area contributed by atoms with Gasteiger partial charge in [-0.05, 0) is 17.7 Å². The largest absolute Gasteiger partial charge is 0.476 e. The van der Waals surface area contributed by atoms with Crippen LogP contribution >= 0.6 is 0 Å². The summed E-state index contributed by atoms with van der Waals surface area (Å²) < 4.78 is 11.6. The van der Waals surface area contributed by atoms with Crippen molar-refractivity contribution in [1.82, 2.24) is 5.32 Å². The van der Waals surface area contributed by atoms with Crippen molar-refractivity contribution in [2.45, 2.75) is 6.54 Å². The molecule has 1 amide bonds. The molecule has 0 atom stereocenters. The van der Waals surface area contributed by atoms with Gasteiger partial charge in [-0.15, -0.1) is 0 Å². The Hall–Kier alpha value is -3.86. The van der Waals surface area contributed by atoms with E-state index < -0.39 is 0 Å². The van der Waals surface area contributed by atoms with Gasteiger partial charge < -0.3 is 14.5 Å². The zero-order chi connectivity index (χ0) is 20.1. The van der Waals surface area contributed by atoms with Gasteiger partial charge in [0, 0.05) is 12.1 Å². The number of nitrogens with one attached hydrogen (secondary N) is 1. The highest BCUT2D eigenvalue weighted by Crippen LogP contribution is 2.30. The van der Waals surface area contributed by atoms with Gasteiger partial charge >= 0.3 is 0 Å². The first kappa shape index (κ1) is 18.5. The summed E-state index contributed by atoms with van der Waals surface area (Å²) in [6, 6.07) is 25.8. The number of fused-ring (bicyclic) bond motifs is 1. The standard InChI is InChI=1S/C24H19NO4/c26-21(25-15-17-9-3-1-4-10-17)16-28-24-22(27)19-13-7-8-14-20(19)29-23(24)18-11-5-2-6-12-18/h1-14H,15-16H2,(H,25,26). The third-order valence-electron chi connectivity index (χ3n) is 4.47. The molecular formula is C24H19NO4. The summed E-state index contributed by atoms with van der Waals surface area (Å²) in [6.45, 7) is 0.108. The molecule has 0 bridgehead atoms. The lowest BCUT2D eigenvalue weighted by Gasteiger charge is -2.12. The van der Waals surface area contributed by atoms with Gasteiger partial charge in [0.1, 0.15) is 5.58 Å². The smallest absolute Gasteiger partial charge is 0.258 e. The summed E-state index contributed by atoms with van der Waals surface area (Å²) in [5.74, 6) is 0.0235. The molecule has 0 saturated heterocycles. The maximum absolute atomic E-state index is 13.0. The van der Waals surface area contributed by atoms with Crippen LogP contribution in [0.3, 0.4) is 0 Å². The Labute approximate surface area is 167 Å². The second kappa shape index (κ2) is 8.44. The topological polar surface area (TPSA) is 68.5 Å². The first-order valence-electron chi connectivity index (χ1n) is 9.27. The molecule has 1 aromatic heterocycles. The molecule has 0 aliphatic rings. The first-order chi connectivity index (χ1) is 14.2. The molecule has 0 fully saturated rings. The van der Waals surface area contributed by atoms with E-state index in [0.717, 1.165) is 5.56 Å². The highest BCUT2D eigenvalue weighted by Gasteiger charge is 2.18. The summed E-state index contributed by atoms with van der Waals surface area (Å²) in [7, 11) is 0. The monoisotopic (exact) mass is 385 g/mol. The number of ether oxygens (including phenoxy) is 1. The Morgan fingerprint density at radius 2 is 1.52 bits per heavy atom. The van der Waals surface area contributed by atoms with Crippen molar-refractivity contribution in [3.8, 4) is 17.1 Å². The van der Waals surface area contributed by atoms with E-state index in [9.17, 15) is 9.59 Å². The fraction of sp³-hybridized carbons (Fsp3) is 0.0833. The van der Waals surface area contributed by atoms with E-state index in [-0.39, 0.29) is 23.7 Å². The second-order valence-corrected chi connectivity index (χ2v) is 6.50. The van der Waals surface area contributed by atoms with Crippen molar-refractivity contribution >= 4 is 16.9 Å². The molecule has 0 radical (unpaired) electrons. The van der Waals surface area contributed by atoms with Gasteiger partial charge in [-0.1, -0.05) is 72.8 Å². The van der Waals surface area contributed by atoms with Crippen LogP contribution in [0, 0.1) is 0 Å². The van der Waals surface area contributed by atoms with Gasteiger partial charge in [0.2, 0.25) is 11.2 Å². The number of amides is 1. The number of para-hydroxylation sites is 1. The molecule has 0 aliphatic heterocycles. The minimum Gasteiger partial charge on any atom is -0.476 e. The van der Waals surface area contributed by atoms with Crippen LogP contribution in [0.1, 0.15) is 5.56 Å². The summed E-state index contributed by atoms with van der Waals surface area (Å²) >= 11 is 0. The second-order valence-electron chi connectivity index (χ2n) is 6.50. The minimum absolute atomic E-state index is 0.0322. The molecule has 5 heteroatoms. The van der Waals surface area contributed by atoms with E-state index in [4.69, 9.17) is 9.15 Å². The number of benzene rings is 3. The summed E-state index contributed by atoms with van der Waals surface area (Å²) in [5.41, 5.74) is 1.85. The lowest BCUT2D eigenvalue weighted by atomic mass is 10.1. The normalized spacial score (nSPS) is 10.6. The Morgan fingerprint density at radius 3 is 2.28 bits per heavy atom. The molecular weight excluding hydrogens is 366 g/mol. The van der Waals surface area contributed by atoms with E-state index in [2.05, 4.69) is 5.32 Å². The van der Waals surface area contributed by atoms with Crippen LogP contribution in [0.25, 0.3) is 22.3 Å². The molecule has 4 rings (SSSR count). The first-order valence-corrected chi connectivity index (χ1v) is 9.27. The lowest BCUT2D eigenvalue weighted by Crippen LogP contribution is -2.29. The van der Waals surface area contributed by atoms with E-state index in [1.165, 1.54) is 0 Å². The van der Waals surface area contributed by atoms with Crippen LogP contribution in [0.2, 0.25) is 0 Å². The van der Waals surface area contributed by atoms with Crippen molar-refractivity contribution < 1.29 is 13.9 Å². The van der Waals surface area contributed by atoms with Gasteiger partial charge in [-0.2, -0.15) is 0 Å². The number of rotatable bonds is 6. The van der Waals surface area contributed by atoms with Gasteiger partial charge in [0.05, 0.1) is 5.39 Å². The van der Waals surface area contributed by atoms with Crippen molar-refractivity contribution in [3.05, 3.63) is 101 Å². The third-order valence-corrected chi connectivity index (χ3v) is 4.47. The van der Waals surface area contributed by atoms with E-state index >= 15 is 0 Å². The fourth-order valence-electron chi connectivity index (χ4n) is 3.02. The predicted octanol–water partition coefficient (Wildman–Crippen LogP) is 4.16. The zero-order valence-electron chi connectivity index (χ0n) is 15.6. The van der Waals surface area contributed by atoms with Crippen LogP contribution in [0.4, 0.5) is 0 Å². The Kier molecular flexibility index (Phi) is 5.38. The van der Waals surface area contributed by atoms with Crippen LogP contribution in [-0.4, -0.2) is 12.5 Å². The number of hydrogen-bond donors (Lipinski definition) is 1. The van der Waals surface area contributed by atoms with Crippen molar-refractivity contribution in [1.29, 1.82) is 0 Å². The van der Waals surface area contributed by atoms with Gasteiger partial charge in [0.15, 0.2) is 12.4 Å². The van der Waals surface area contributed by atoms with Gasteiger partial charge in [-0.25, -0.2) is 0 Å². The Bertz CT molecular complexity index is 1180. The maximum Gasteiger partial charge on any atom is 0.258 e. The molecule has 1 N–H and O–H groups in total. The highest BCUT2D eigenvalue weighted by molar-refractivity contribution is 5.82. The Morgan fingerprint density at radius 1 is 0.862 bits per heavy atom. The summed E-state index contributed by atoms with van der Waals surface area (Å²) in [5, 5.41) is 3.20. The predicted molar refractivity (Wildman–Crippen MR) is 112 cm³/mol. The SMILES string of the molecule is O=C(COc1c(-c2ccccc2)oc2ccccc2c1=O)NCc1ccccc1. The molecule has 3 aromatic carbocycles. The number of carbonyl (C=O) groups is 1. The summed E-state index contributed by atoms with van der Waals surface area (Å²) in [4.78, 5) is 25.2. The van der Waals surface area contributed by atoms with Crippen LogP contribution in [0.15, 0.2) is 94.1 Å². The Balaban J connectivity index is 1.59. The molecule has 29 heavy (non-hydrogen) atoms. The molecule has 0 saturated carbocycles.